The second kappa shape index (κ2) is 6.33. The normalized spacial score (nSPS) is 13.0. The number of aryl methyl sites for hydroxylation is 1. The first-order chi connectivity index (χ1) is 9.15. The summed E-state index contributed by atoms with van der Waals surface area (Å²) >= 11 is 5.44. The van der Waals surface area contributed by atoms with Crippen LogP contribution in [0.1, 0.15) is 45.2 Å². The Morgan fingerprint density at radius 3 is 2.84 bits per heavy atom. The van der Waals surface area contributed by atoms with Crippen molar-refractivity contribution in [3.63, 3.8) is 0 Å². The molecule has 0 amide bonds. The molecule has 1 atom stereocenters. The molecule has 0 aromatic carbocycles. The molecule has 1 unspecified atom stereocenters. The molecule has 2 aromatic heterocycles. The van der Waals surface area contributed by atoms with Gasteiger partial charge in [-0.05, 0) is 43.6 Å². The minimum atomic E-state index is 0.688. The number of hydrogen-bond acceptors (Lipinski definition) is 2. The Labute approximate surface area is 120 Å². The molecule has 4 heteroatoms. The predicted molar refractivity (Wildman–Crippen MR) is 83.0 cm³/mol. The van der Waals surface area contributed by atoms with Crippen molar-refractivity contribution in [1.82, 2.24) is 14.5 Å². The van der Waals surface area contributed by atoms with E-state index in [0.29, 0.717) is 5.92 Å². The van der Waals surface area contributed by atoms with E-state index < -0.39 is 0 Å². The molecular formula is C15H23N3S. The Morgan fingerprint density at radius 2 is 2.16 bits per heavy atom. The van der Waals surface area contributed by atoms with Gasteiger partial charge in [-0.3, -0.25) is 0 Å². The maximum atomic E-state index is 5.44. The quantitative estimate of drug-likeness (QED) is 0.782. The molecule has 0 spiro atoms. The molecule has 2 rings (SSSR count). The van der Waals surface area contributed by atoms with Gasteiger partial charge in [-0.15, -0.1) is 0 Å². The van der Waals surface area contributed by atoms with Gasteiger partial charge >= 0.3 is 0 Å². The van der Waals surface area contributed by atoms with Crippen LogP contribution in [0.4, 0.5) is 0 Å². The number of H-pyrrole nitrogens is 1. The predicted octanol–water partition coefficient (Wildman–Crippen LogP) is 4.62. The molecular weight excluding hydrogens is 254 g/mol. The summed E-state index contributed by atoms with van der Waals surface area (Å²) in [7, 11) is 0. The van der Waals surface area contributed by atoms with Crippen LogP contribution in [-0.2, 0) is 6.54 Å². The minimum absolute atomic E-state index is 0.688. The number of nitrogens with one attached hydrogen (secondary N) is 1. The van der Waals surface area contributed by atoms with Crippen LogP contribution in [0.15, 0.2) is 12.1 Å². The van der Waals surface area contributed by atoms with Gasteiger partial charge in [0, 0.05) is 12.2 Å². The van der Waals surface area contributed by atoms with Gasteiger partial charge in [-0.25, -0.2) is 4.98 Å². The molecule has 19 heavy (non-hydrogen) atoms. The van der Waals surface area contributed by atoms with Gasteiger partial charge in [0.2, 0.25) is 0 Å². The third-order valence-corrected chi connectivity index (χ3v) is 4.06. The van der Waals surface area contributed by atoms with Gasteiger partial charge < -0.3 is 9.55 Å². The number of hydrogen-bond donors (Lipinski definition) is 1. The van der Waals surface area contributed by atoms with Crippen LogP contribution in [0.25, 0.3) is 11.2 Å². The van der Waals surface area contributed by atoms with Crippen molar-refractivity contribution in [3.8, 4) is 0 Å². The monoisotopic (exact) mass is 277 g/mol. The van der Waals surface area contributed by atoms with Crippen LogP contribution >= 0.6 is 12.2 Å². The molecule has 104 valence electrons. The third kappa shape index (κ3) is 3.24. The zero-order valence-corrected chi connectivity index (χ0v) is 12.9. The highest BCUT2D eigenvalue weighted by Gasteiger charge is 2.11. The summed E-state index contributed by atoms with van der Waals surface area (Å²) in [6, 6.07) is 4.09. The number of aromatic amines is 1. The van der Waals surface area contributed by atoms with Crippen LogP contribution in [0.2, 0.25) is 0 Å². The summed E-state index contributed by atoms with van der Waals surface area (Å²) in [5, 5.41) is 0. The number of imidazole rings is 1. The largest absolute Gasteiger partial charge is 0.329 e. The van der Waals surface area contributed by atoms with Crippen molar-refractivity contribution < 1.29 is 0 Å². The first kappa shape index (κ1) is 14.3. The molecule has 1 N–H and O–H groups in total. The van der Waals surface area contributed by atoms with Crippen LogP contribution < -0.4 is 0 Å². The third-order valence-electron chi connectivity index (χ3n) is 3.74. The fourth-order valence-corrected chi connectivity index (χ4v) is 2.74. The average molecular weight is 277 g/mol. The van der Waals surface area contributed by atoms with Gasteiger partial charge in [0.1, 0.15) is 0 Å². The summed E-state index contributed by atoms with van der Waals surface area (Å²) < 4.78 is 2.96. The smallest absolute Gasteiger partial charge is 0.179 e. The molecule has 0 aliphatic rings. The van der Waals surface area contributed by atoms with E-state index in [4.69, 9.17) is 12.2 Å². The maximum Gasteiger partial charge on any atom is 0.179 e. The summed E-state index contributed by atoms with van der Waals surface area (Å²) in [6.07, 6.45) is 5.02. The Balaban J connectivity index is 2.30. The van der Waals surface area contributed by atoms with Crippen molar-refractivity contribution in [1.29, 1.82) is 0 Å². The topological polar surface area (TPSA) is 33.6 Å². The molecule has 0 saturated carbocycles. The Kier molecular flexibility index (Phi) is 4.75. The summed E-state index contributed by atoms with van der Waals surface area (Å²) in [4.78, 5) is 7.88. The number of pyridine rings is 1. The highest BCUT2D eigenvalue weighted by atomic mass is 32.1. The number of nitrogens with zero attached hydrogens (tertiary/aromatic N) is 2. The minimum Gasteiger partial charge on any atom is -0.329 e. The highest BCUT2D eigenvalue weighted by Crippen LogP contribution is 2.19. The molecule has 3 nitrogen and oxygen atoms in total. The fourth-order valence-electron chi connectivity index (χ4n) is 2.47. The number of aromatic nitrogens is 3. The lowest BCUT2D eigenvalue weighted by Crippen LogP contribution is -2.11. The van der Waals surface area contributed by atoms with E-state index in [1.54, 1.807) is 0 Å². The summed E-state index contributed by atoms with van der Waals surface area (Å²) in [5.74, 6) is 0.688. The Hall–Kier alpha value is -1.16. The highest BCUT2D eigenvalue weighted by molar-refractivity contribution is 7.71. The number of rotatable bonds is 6. The Morgan fingerprint density at radius 1 is 1.37 bits per heavy atom. The molecule has 2 aromatic rings. The van der Waals surface area contributed by atoms with Crippen molar-refractivity contribution in [2.45, 2.75) is 53.0 Å². The van der Waals surface area contributed by atoms with Crippen molar-refractivity contribution in [2.24, 2.45) is 5.92 Å². The van der Waals surface area contributed by atoms with Crippen LogP contribution in [-0.4, -0.2) is 14.5 Å². The molecule has 0 aliphatic heterocycles. The SMILES string of the molecule is CCCCC(CC)Cn1c(=S)[nH]c2ccc(C)nc21. The van der Waals surface area contributed by atoms with E-state index in [2.05, 4.69) is 34.4 Å². The average Bonchev–Trinajstić information content (AvgIpc) is 2.70. The second-order valence-electron chi connectivity index (χ2n) is 5.28. The van der Waals surface area contributed by atoms with Crippen molar-refractivity contribution >= 4 is 23.4 Å². The van der Waals surface area contributed by atoms with E-state index in [9.17, 15) is 0 Å². The van der Waals surface area contributed by atoms with E-state index in [1.807, 2.05) is 13.0 Å². The Bertz CT molecular complexity index is 597. The lowest BCUT2D eigenvalue weighted by molar-refractivity contribution is 0.392. The van der Waals surface area contributed by atoms with Crippen molar-refractivity contribution in [2.75, 3.05) is 0 Å². The van der Waals surface area contributed by atoms with Crippen LogP contribution in [0.3, 0.4) is 0 Å². The van der Waals surface area contributed by atoms with E-state index in [1.165, 1.54) is 25.7 Å². The van der Waals surface area contributed by atoms with E-state index in [-0.39, 0.29) is 0 Å². The maximum absolute atomic E-state index is 5.44. The second-order valence-corrected chi connectivity index (χ2v) is 5.67. The first-order valence-electron chi connectivity index (χ1n) is 7.21. The molecule has 2 heterocycles. The summed E-state index contributed by atoms with van der Waals surface area (Å²) in [5.41, 5.74) is 3.08. The van der Waals surface area contributed by atoms with Gasteiger partial charge in [0.15, 0.2) is 10.4 Å². The zero-order valence-electron chi connectivity index (χ0n) is 12.1. The first-order valence-corrected chi connectivity index (χ1v) is 7.62. The molecule has 0 fully saturated rings. The van der Waals surface area contributed by atoms with E-state index in [0.717, 1.165) is 28.2 Å². The van der Waals surface area contributed by atoms with Gasteiger partial charge in [0.25, 0.3) is 0 Å². The van der Waals surface area contributed by atoms with Crippen LogP contribution in [0.5, 0.6) is 0 Å². The van der Waals surface area contributed by atoms with Gasteiger partial charge in [0.05, 0.1) is 5.52 Å². The molecule has 0 aliphatic carbocycles. The number of fused-ring (bicyclic) bond motifs is 1. The molecule has 0 bridgehead atoms. The summed E-state index contributed by atoms with van der Waals surface area (Å²) in [6.45, 7) is 7.51. The van der Waals surface area contributed by atoms with Gasteiger partial charge in [-0.2, -0.15) is 0 Å². The van der Waals surface area contributed by atoms with Gasteiger partial charge in [-0.1, -0.05) is 33.1 Å². The molecule has 0 saturated heterocycles. The zero-order chi connectivity index (χ0) is 13.8. The standard InChI is InChI=1S/C15H23N3S/c1-4-6-7-12(5-2)10-18-14-13(17-15(18)19)9-8-11(3)16-14/h8-9,12H,4-7,10H2,1-3H3,(H,17,19). The molecule has 0 radical (unpaired) electrons. The van der Waals surface area contributed by atoms with E-state index >= 15 is 0 Å². The van der Waals surface area contributed by atoms with Crippen LogP contribution in [0, 0.1) is 17.6 Å². The fraction of sp³-hybridized carbons (Fsp3) is 0.600. The number of unbranched alkanes of at least 4 members (excludes halogenated alkanes) is 1. The van der Waals surface area contributed by atoms with Crippen molar-refractivity contribution in [3.05, 3.63) is 22.6 Å². The lowest BCUT2D eigenvalue weighted by Gasteiger charge is -2.15. The lowest BCUT2D eigenvalue weighted by atomic mass is 9.99.